The molecule has 1 aromatic carbocycles. The molecule has 27 heavy (non-hydrogen) atoms. The quantitative estimate of drug-likeness (QED) is 0.797. The van der Waals surface area contributed by atoms with E-state index in [2.05, 4.69) is 22.6 Å². The third-order valence-corrected chi connectivity index (χ3v) is 5.52. The first kappa shape index (κ1) is 17.5. The highest BCUT2D eigenvalue weighted by atomic mass is 16.5. The van der Waals surface area contributed by atoms with Crippen molar-refractivity contribution in [3.8, 4) is 17.0 Å². The number of benzene rings is 1. The molecule has 2 aromatic rings. The summed E-state index contributed by atoms with van der Waals surface area (Å²) in [6, 6.07) is 10.5. The molecule has 1 heterocycles. The van der Waals surface area contributed by atoms with E-state index >= 15 is 0 Å². The Hall–Kier alpha value is -2.89. The zero-order chi connectivity index (χ0) is 18.8. The first-order valence-electron chi connectivity index (χ1n) is 9.30. The number of carbonyl (C=O) groups excluding carboxylic acids is 1. The Kier molecular flexibility index (Phi) is 4.79. The number of fused-ring (bicyclic) bond motifs is 2. The van der Waals surface area contributed by atoms with Crippen LogP contribution < -0.4 is 15.6 Å². The molecule has 6 nitrogen and oxygen atoms in total. The number of para-hydroxylation sites is 1. The highest BCUT2D eigenvalue weighted by molar-refractivity contribution is 5.75. The zero-order valence-corrected chi connectivity index (χ0v) is 15.3. The van der Waals surface area contributed by atoms with Crippen LogP contribution in [-0.4, -0.2) is 29.3 Å². The minimum Gasteiger partial charge on any atom is -0.496 e. The monoisotopic (exact) mass is 365 g/mol. The third kappa shape index (κ3) is 3.65. The van der Waals surface area contributed by atoms with Gasteiger partial charge in [0.2, 0.25) is 5.91 Å². The predicted molar refractivity (Wildman–Crippen MR) is 102 cm³/mol. The topological polar surface area (TPSA) is 73.2 Å². The molecule has 2 bridgehead atoms. The van der Waals surface area contributed by atoms with Crippen LogP contribution >= 0.6 is 0 Å². The van der Waals surface area contributed by atoms with Gasteiger partial charge in [0.05, 0.1) is 12.8 Å². The van der Waals surface area contributed by atoms with Gasteiger partial charge in [-0.05, 0) is 48.8 Å². The number of aromatic nitrogens is 2. The van der Waals surface area contributed by atoms with Gasteiger partial charge in [0.25, 0.3) is 5.56 Å². The molecular weight excluding hydrogens is 342 g/mol. The van der Waals surface area contributed by atoms with Crippen LogP contribution in [0.5, 0.6) is 5.75 Å². The lowest BCUT2D eigenvalue weighted by Gasteiger charge is -2.18. The number of nitrogens with one attached hydrogen (secondary N) is 1. The van der Waals surface area contributed by atoms with Gasteiger partial charge >= 0.3 is 0 Å². The van der Waals surface area contributed by atoms with E-state index in [1.54, 1.807) is 13.2 Å². The minimum absolute atomic E-state index is 0.0848. The Bertz CT molecular complexity index is 934. The van der Waals surface area contributed by atoms with Gasteiger partial charge in [-0.15, -0.1) is 0 Å². The van der Waals surface area contributed by atoms with Crippen molar-refractivity contribution in [2.45, 2.75) is 19.4 Å². The van der Waals surface area contributed by atoms with Crippen LogP contribution in [0, 0.1) is 17.8 Å². The number of ether oxygens (including phenoxy) is 1. The van der Waals surface area contributed by atoms with E-state index in [-0.39, 0.29) is 18.0 Å². The lowest BCUT2D eigenvalue weighted by molar-refractivity contribution is -0.122. The van der Waals surface area contributed by atoms with Crippen molar-refractivity contribution in [1.29, 1.82) is 0 Å². The average Bonchev–Trinajstić information content (AvgIpc) is 3.31. The van der Waals surface area contributed by atoms with Gasteiger partial charge in [0.1, 0.15) is 12.3 Å². The summed E-state index contributed by atoms with van der Waals surface area (Å²) < 4.78 is 6.56. The van der Waals surface area contributed by atoms with E-state index in [1.165, 1.54) is 17.2 Å². The summed E-state index contributed by atoms with van der Waals surface area (Å²) in [6.07, 6.45) is 6.91. The summed E-state index contributed by atoms with van der Waals surface area (Å²) >= 11 is 0. The van der Waals surface area contributed by atoms with Crippen molar-refractivity contribution >= 4 is 5.91 Å². The predicted octanol–water partition coefficient (Wildman–Crippen LogP) is 2.25. The maximum absolute atomic E-state index is 12.3. The number of nitrogens with zero attached hydrogens (tertiary/aromatic N) is 2. The van der Waals surface area contributed by atoms with E-state index in [4.69, 9.17) is 4.74 Å². The zero-order valence-electron chi connectivity index (χ0n) is 15.3. The summed E-state index contributed by atoms with van der Waals surface area (Å²) in [5.74, 6) is 2.26. The van der Waals surface area contributed by atoms with Gasteiger partial charge in [-0.25, -0.2) is 4.68 Å². The molecule has 1 fully saturated rings. The average molecular weight is 365 g/mol. The second-order valence-corrected chi connectivity index (χ2v) is 7.26. The van der Waals surface area contributed by atoms with Crippen LogP contribution in [0.3, 0.4) is 0 Å². The highest BCUT2D eigenvalue weighted by Gasteiger charge is 2.35. The van der Waals surface area contributed by atoms with E-state index in [1.807, 2.05) is 24.3 Å². The van der Waals surface area contributed by atoms with Crippen molar-refractivity contribution in [3.05, 3.63) is 58.9 Å². The SMILES string of the molecule is COc1ccccc1-c1ccc(=O)n(CC(=O)NC[C@H]2C[C@H]3C=C[C@@H]2C3)n1. The maximum Gasteiger partial charge on any atom is 0.267 e. The number of carbonyl (C=O) groups is 1. The summed E-state index contributed by atoms with van der Waals surface area (Å²) in [6.45, 7) is 0.573. The lowest BCUT2D eigenvalue weighted by atomic mass is 9.94. The van der Waals surface area contributed by atoms with Crippen molar-refractivity contribution in [2.75, 3.05) is 13.7 Å². The molecule has 1 N–H and O–H groups in total. The van der Waals surface area contributed by atoms with Crippen molar-refractivity contribution in [1.82, 2.24) is 15.1 Å². The minimum atomic E-state index is -0.299. The molecule has 2 aliphatic rings. The summed E-state index contributed by atoms with van der Waals surface area (Å²) in [5.41, 5.74) is 1.08. The Morgan fingerprint density at radius 1 is 1.22 bits per heavy atom. The van der Waals surface area contributed by atoms with Crippen LogP contribution in [0.15, 0.2) is 53.3 Å². The second kappa shape index (κ2) is 7.39. The fraction of sp³-hybridized carbons (Fsp3) is 0.381. The maximum atomic E-state index is 12.3. The molecule has 0 unspecified atom stereocenters. The normalized spacial score (nSPS) is 22.8. The molecule has 0 aliphatic heterocycles. The molecule has 0 spiro atoms. The fourth-order valence-electron chi connectivity index (χ4n) is 4.13. The van der Waals surface area contributed by atoms with Crippen molar-refractivity contribution < 1.29 is 9.53 Å². The number of rotatable bonds is 6. The Labute approximate surface area is 157 Å². The van der Waals surface area contributed by atoms with Gasteiger partial charge in [0.15, 0.2) is 0 Å². The van der Waals surface area contributed by atoms with Gasteiger partial charge < -0.3 is 10.1 Å². The fourth-order valence-corrected chi connectivity index (χ4v) is 4.13. The number of amides is 1. The van der Waals surface area contributed by atoms with Gasteiger partial charge in [-0.1, -0.05) is 24.3 Å². The van der Waals surface area contributed by atoms with E-state index in [0.717, 1.165) is 12.0 Å². The number of hydrogen-bond acceptors (Lipinski definition) is 4. The first-order valence-corrected chi connectivity index (χ1v) is 9.30. The third-order valence-electron chi connectivity index (χ3n) is 5.52. The van der Waals surface area contributed by atoms with E-state index < -0.39 is 0 Å². The van der Waals surface area contributed by atoms with E-state index in [9.17, 15) is 9.59 Å². The van der Waals surface area contributed by atoms with E-state index in [0.29, 0.717) is 35.7 Å². The first-order chi connectivity index (χ1) is 13.1. The number of methoxy groups -OCH3 is 1. The molecular formula is C21H23N3O3. The Morgan fingerprint density at radius 2 is 2.07 bits per heavy atom. The molecule has 2 aliphatic carbocycles. The summed E-state index contributed by atoms with van der Waals surface area (Å²) in [7, 11) is 1.59. The number of allylic oxidation sites excluding steroid dienone is 2. The molecule has 0 saturated heterocycles. The van der Waals surface area contributed by atoms with Gasteiger partial charge in [-0.2, -0.15) is 5.10 Å². The van der Waals surface area contributed by atoms with Crippen LogP contribution in [0.25, 0.3) is 11.3 Å². The Balaban J connectivity index is 1.44. The standard InChI is InChI=1S/C21H23N3O3/c1-27-19-5-3-2-4-17(19)18-8-9-21(26)24(23-18)13-20(25)22-12-16-11-14-6-7-15(16)10-14/h2-9,14-16H,10-13H2,1H3,(H,22,25)/t14-,15+,16+/m0/s1. The molecule has 4 rings (SSSR count). The molecule has 3 atom stereocenters. The number of hydrogen-bond donors (Lipinski definition) is 1. The van der Waals surface area contributed by atoms with Crippen LogP contribution in [0.2, 0.25) is 0 Å². The van der Waals surface area contributed by atoms with Gasteiger partial charge in [-0.3, -0.25) is 9.59 Å². The smallest absolute Gasteiger partial charge is 0.267 e. The van der Waals surface area contributed by atoms with Crippen LogP contribution in [-0.2, 0) is 11.3 Å². The molecule has 0 radical (unpaired) electrons. The molecule has 1 aromatic heterocycles. The molecule has 140 valence electrons. The molecule has 1 saturated carbocycles. The molecule has 6 heteroatoms. The van der Waals surface area contributed by atoms with Crippen LogP contribution in [0.4, 0.5) is 0 Å². The highest BCUT2D eigenvalue weighted by Crippen LogP contribution is 2.42. The largest absolute Gasteiger partial charge is 0.496 e. The summed E-state index contributed by atoms with van der Waals surface area (Å²) in [5, 5.41) is 7.33. The summed E-state index contributed by atoms with van der Waals surface area (Å²) in [4.78, 5) is 24.5. The van der Waals surface area contributed by atoms with Crippen LogP contribution in [0.1, 0.15) is 12.8 Å². The molecule has 1 amide bonds. The second-order valence-electron chi connectivity index (χ2n) is 7.26. The lowest BCUT2D eigenvalue weighted by Crippen LogP contribution is -2.36. The van der Waals surface area contributed by atoms with Crippen molar-refractivity contribution in [3.63, 3.8) is 0 Å². The Morgan fingerprint density at radius 3 is 2.81 bits per heavy atom. The van der Waals surface area contributed by atoms with Gasteiger partial charge in [0, 0.05) is 18.2 Å². The van der Waals surface area contributed by atoms with Crippen molar-refractivity contribution in [2.24, 2.45) is 17.8 Å².